The van der Waals surface area contributed by atoms with Crippen molar-refractivity contribution in [2.24, 2.45) is 0 Å². The molecule has 1 fully saturated rings. The Morgan fingerprint density at radius 2 is 1.56 bits per heavy atom. The van der Waals surface area contributed by atoms with Gasteiger partial charge in [-0.25, -0.2) is 0 Å². The number of ether oxygens (including phenoxy) is 1. The van der Waals surface area contributed by atoms with Crippen LogP contribution in [0.4, 0.5) is 5.69 Å². The molecule has 27 heavy (non-hydrogen) atoms. The van der Waals surface area contributed by atoms with E-state index >= 15 is 0 Å². The van der Waals surface area contributed by atoms with Gasteiger partial charge in [0, 0.05) is 37.4 Å². The fourth-order valence-electron chi connectivity index (χ4n) is 3.47. The van der Waals surface area contributed by atoms with Gasteiger partial charge in [-0.2, -0.15) is 0 Å². The van der Waals surface area contributed by atoms with Crippen molar-refractivity contribution in [2.45, 2.75) is 32.6 Å². The van der Waals surface area contributed by atoms with E-state index in [1.54, 1.807) is 7.11 Å². The second-order valence-corrected chi connectivity index (χ2v) is 8.16. The fourth-order valence-corrected chi connectivity index (χ4v) is 3.47. The van der Waals surface area contributed by atoms with Gasteiger partial charge in [0.05, 0.1) is 7.11 Å². The van der Waals surface area contributed by atoms with Crippen molar-refractivity contribution in [3.63, 3.8) is 0 Å². The summed E-state index contributed by atoms with van der Waals surface area (Å²) in [6, 6.07) is 16.2. The van der Waals surface area contributed by atoms with Gasteiger partial charge in [0.25, 0.3) is 5.91 Å². The molecule has 0 spiro atoms. The van der Waals surface area contributed by atoms with Crippen LogP contribution in [0.1, 0.15) is 43.1 Å². The minimum Gasteiger partial charge on any atom is -0.497 e. The average Bonchev–Trinajstić information content (AvgIpc) is 2.93. The Labute approximate surface area is 162 Å². The maximum Gasteiger partial charge on any atom is 0.253 e. The van der Waals surface area contributed by atoms with Crippen LogP contribution in [-0.2, 0) is 5.41 Å². The van der Waals surface area contributed by atoms with Crippen molar-refractivity contribution in [1.82, 2.24) is 4.90 Å². The number of rotatable bonds is 3. The van der Waals surface area contributed by atoms with E-state index in [1.807, 2.05) is 29.2 Å². The SMILES string of the molecule is COc1ccc(N2CCCN(C(=O)c3ccc(C(C)(C)C)cc3)CC2)cc1. The van der Waals surface area contributed by atoms with Crippen molar-refractivity contribution in [3.8, 4) is 5.75 Å². The Balaban J connectivity index is 1.65. The van der Waals surface area contributed by atoms with Gasteiger partial charge in [-0.3, -0.25) is 4.79 Å². The van der Waals surface area contributed by atoms with E-state index in [-0.39, 0.29) is 11.3 Å². The molecular weight excluding hydrogens is 336 g/mol. The molecule has 1 aliphatic heterocycles. The Hall–Kier alpha value is -2.49. The van der Waals surface area contributed by atoms with E-state index in [1.165, 1.54) is 11.3 Å². The molecule has 0 aromatic heterocycles. The standard InChI is InChI=1S/C23H30N2O2/c1-23(2,3)19-8-6-18(7-9-19)22(26)25-15-5-14-24(16-17-25)20-10-12-21(27-4)13-11-20/h6-13H,5,14-17H2,1-4H3. The molecule has 4 nitrogen and oxygen atoms in total. The molecule has 0 atom stereocenters. The highest BCUT2D eigenvalue weighted by Crippen LogP contribution is 2.23. The van der Waals surface area contributed by atoms with Crippen LogP contribution in [0.3, 0.4) is 0 Å². The molecule has 3 rings (SSSR count). The fraction of sp³-hybridized carbons (Fsp3) is 0.435. The van der Waals surface area contributed by atoms with Gasteiger partial charge in [0.1, 0.15) is 5.75 Å². The molecule has 4 heteroatoms. The molecule has 0 N–H and O–H groups in total. The molecule has 0 aliphatic carbocycles. The van der Waals surface area contributed by atoms with Crippen LogP contribution < -0.4 is 9.64 Å². The number of anilines is 1. The molecule has 0 saturated carbocycles. The first kappa shape index (κ1) is 19.3. The number of carbonyl (C=O) groups is 1. The first-order valence-electron chi connectivity index (χ1n) is 9.67. The van der Waals surface area contributed by atoms with Gasteiger partial charge >= 0.3 is 0 Å². The van der Waals surface area contributed by atoms with E-state index in [0.717, 1.165) is 43.9 Å². The number of benzene rings is 2. The van der Waals surface area contributed by atoms with Crippen molar-refractivity contribution >= 4 is 11.6 Å². The molecule has 1 heterocycles. The van der Waals surface area contributed by atoms with Crippen LogP contribution in [0.2, 0.25) is 0 Å². The average molecular weight is 367 g/mol. The molecular formula is C23H30N2O2. The second-order valence-electron chi connectivity index (χ2n) is 8.16. The van der Waals surface area contributed by atoms with E-state index < -0.39 is 0 Å². The number of methoxy groups -OCH3 is 1. The van der Waals surface area contributed by atoms with Crippen LogP contribution in [0.25, 0.3) is 0 Å². The Morgan fingerprint density at radius 3 is 2.15 bits per heavy atom. The molecule has 0 unspecified atom stereocenters. The number of hydrogen-bond acceptors (Lipinski definition) is 3. The third-order valence-electron chi connectivity index (χ3n) is 5.22. The predicted molar refractivity (Wildman–Crippen MR) is 111 cm³/mol. The summed E-state index contributed by atoms with van der Waals surface area (Å²) in [5.41, 5.74) is 3.31. The molecule has 0 radical (unpaired) electrons. The van der Waals surface area contributed by atoms with Crippen LogP contribution in [0.15, 0.2) is 48.5 Å². The highest BCUT2D eigenvalue weighted by atomic mass is 16.5. The summed E-state index contributed by atoms with van der Waals surface area (Å²) in [7, 11) is 1.68. The topological polar surface area (TPSA) is 32.8 Å². The zero-order chi connectivity index (χ0) is 19.4. The summed E-state index contributed by atoms with van der Waals surface area (Å²) in [5, 5.41) is 0. The van der Waals surface area contributed by atoms with Crippen molar-refractivity contribution in [2.75, 3.05) is 38.2 Å². The number of carbonyl (C=O) groups excluding carboxylic acids is 1. The lowest BCUT2D eigenvalue weighted by Gasteiger charge is -2.24. The largest absolute Gasteiger partial charge is 0.497 e. The summed E-state index contributed by atoms with van der Waals surface area (Å²) in [5.74, 6) is 0.996. The molecule has 1 amide bonds. The van der Waals surface area contributed by atoms with Gasteiger partial charge < -0.3 is 14.5 Å². The Bertz CT molecular complexity index is 760. The molecule has 2 aromatic carbocycles. The normalized spacial score (nSPS) is 15.4. The molecule has 0 bridgehead atoms. The monoisotopic (exact) mass is 366 g/mol. The van der Waals surface area contributed by atoms with Crippen molar-refractivity contribution < 1.29 is 9.53 Å². The summed E-state index contributed by atoms with van der Waals surface area (Å²) in [6.45, 7) is 9.90. The maximum atomic E-state index is 12.9. The highest BCUT2D eigenvalue weighted by Gasteiger charge is 2.21. The third kappa shape index (κ3) is 4.62. The lowest BCUT2D eigenvalue weighted by atomic mass is 9.86. The summed E-state index contributed by atoms with van der Waals surface area (Å²) in [4.78, 5) is 17.3. The molecule has 1 saturated heterocycles. The summed E-state index contributed by atoms with van der Waals surface area (Å²) in [6.07, 6.45) is 0.970. The van der Waals surface area contributed by atoms with E-state index in [9.17, 15) is 4.79 Å². The van der Waals surface area contributed by atoms with Crippen LogP contribution in [-0.4, -0.2) is 44.1 Å². The van der Waals surface area contributed by atoms with Gasteiger partial charge in [-0.1, -0.05) is 32.9 Å². The highest BCUT2D eigenvalue weighted by molar-refractivity contribution is 5.94. The van der Waals surface area contributed by atoms with Crippen molar-refractivity contribution in [1.29, 1.82) is 0 Å². The molecule has 2 aromatic rings. The van der Waals surface area contributed by atoms with Crippen LogP contribution >= 0.6 is 0 Å². The smallest absolute Gasteiger partial charge is 0.253 e. The maximum absolute atomic E-state index is 12.9. The quantitative estimate of drug-likeness (QED) is 0.810. The molecule has 1 aliphatic rings. The number of amides is 1. The van der Waals surface area contributed by atoms with Gasteiger partial charge in [-0.15, -0.1) is 0 Å². The first-order chi connectivity index (χ1) is 12.9. The first-order valence-corrected chi connectivity index (χ1v) is 9.67. The zero-order valence-electron chi connectivity index (χ0n) is 16.9. The second kappa shape index (κ2) is 8.03. The van der Waals surface area contributed by atoms with E-state index in [2.05, 4.69) is 49.9 Å². The Kier molecular flexibility index (Phi) is 5.73. The lowest BCUT2D eigenvalue weighted by molar-refractivity contribution is 0.0767. The lowest BCUT2D eigenvalue weighted by Crippen LogP contribution is -2.35. The van der Waals surface area contributed by atoms with Crippen LogP contribution in [0.5, 0.6) is 5.75 Å². The van der Waals surface area contributed by atoms with Gasteiger partial charge in [-0.05, 0) is 53.8 Å². The molecule has 144 valence electrons. The van der Waals surface area contributed by atoms with E-state index in [4.69, 9.17) is 4.74 Å². The van der Waals surface area contributed by atoms with Gasteiger partial charge in [0.2, 0.25) is 0 Å². The minimum absolute atomic E-state index is 0.100. The third-order valence-corrected chi connectivity index (χ3v) is 5.22. The number of nitrogens with zero attached hydrogens (tertiary/aromatic N) is 2. The van der Waals surface area contributed by atoms with E-state index in [0.29, 0.717) is 0 Å². The van der Waals surface area contributed by atoms with Crippen LogP contribution in [0, 0.1) is 0 Å². The number of hydrogen-bond donors (Lipinski definition) is 0. The summed E-state index contributed by atoms with van der Waals surface area (Å²) >= 11 is 0. The zero-order valence-corrected chi connectivity index (χ0v) is 16.9. The minimum atomic E-state index is 0.100. The van der Waals surface area contributed by atoms with Crippen molar-refractivity contribution in [3.05, 3.63) is 59.7 Å². The summed E-state index contributed by atoms with van der Waals surface area (Å²) < 4.78 is 5.24. The Morgan fingerprint density at radius 1 is 0.889 bits per heavy atom. The predicted octanol–water partition coefficient (Wildman–Crippen LogP) is 4.35. The van der Waals surface area contributed by atoms with Gasteiger partial charge in [0.15, 0.2) is 0 Å².